The minimum absolute atomic E-state index is 0.0938. The molecule has 82 valence electrons. The Hall–Kier alpha value is -1.31. The zero-order valence-electron chi connectivity index (χ0n) is 9.71. The van der Waals surface area contributed by atoms with Gasteiger partial charge in [0.15, 0.2) is 0 Å². The van der Waals surface area contributed by atoms with Crippen LogP contribution in [0.15, 0.2) is 24.3 Å². The van der Waals surface area contributed by atoms with Crippen LogP contribution in [0.4, 0.5) is 5.69 Å². The molecule has 0 aliphatic rings. The Balaban J connectivity index is 2.54. The number of aryl methyl sites for hydroxylation is 1. The van der Waals surface area contributed by atoms with Crippen molar-refractivity contribution >= 4 is 11.6 Å². The van der Waals surface area contributed by atoms with Crippen molar-refractivity contribution in [2.45, 2.75) is 33.6 Å². The maximum atomic E-state index is 11.7. The van der Waals surface area contributed by atoms with Crippen LogP contribution in [0.2, 0.25) is 0 Å². The fourth-order valence-electron chi connectivity index (χ4n) is 1.47. The Bertz CT molecular complexity index is 316. The molecule has 1 N–H and O–H groups in total. The van der Waals surface area contributed by atoms with Crippen molar-refractivity contribution in [3.8, 4) is 0 Å². The average Bonchev–Trinajstić information content (AvgIpc) is 2.22. The minimum Gasteiger partial charge on any atom is -0.326 e. The van der Waals surface area contributed by atoms with E-state index < -0.39 is 0 Å². The smallest absolute Gasteiger partial charge is 0.227 e. The zero-order chi connectivity index (χ0) is 11.3. The number of hydrogen-bond acceptors (Lipinski definition) is 1. The van der Waals surface area contributed by atoms with Crippen molar-refractivity contribution in [3.63, 3.8) is 0 Å². The molecule has 0 radical (unpaired) electrons. The highest BCUT2D eigenvalue weighted by Crippen LogP contribution is 2.12. The van der Waals surface area contributed by atoms with Crippen LogP contribution < -0.4 is 5.32 Å². The number of carbonyl (C=O) groups excluding carboxylic acids is 1. The fraction of sp³-hybridized carbons (Fsp3) is 0.462. The predicted octanol–water partition coefficient (Wildman–Crippen LogP) is 3.37. The predicted molar refractivity (Wildman–Crippen MR) is 63.9 cm³/mol. The summed E-state index contributed by atoms with van der Waals surface area (Å²) in [4.78, 5) is 11.7. The van der Waals surface area contributed by atoms with Crippen LogP contribution in [0.5, 0.6) is 0 Å². The van der Waals surface area contributed by atoms with Gasteiger partial charge < -0.3 is 5.32 Å². The highest BCUT2D eigenvalue weighted by molar-refractivity contribution is 5.92. The minimum atomic E-state index is 0.0938. The second kappa shape index (κ2) is 5.54. The van der Waals surface area contributed by atoms with Crippen molar-refractivity contribution in [2.24, 2.45) is 5.92 Å². The molecule has 1 aromatic rings. The summed E-state index contributed by atoms with van der Waals surface area (Å²) in [5.41, 5.74) is 2.09. The average molecular weight is 205 g/mol. The van der Waals surface area contributed by atoms with E-state index in [0.717, 1.165) is 18.5 Å². The Kier molecular flexibility index (Phi) is 4.35. The van der Waals surface area contributed by atoms with Gasteiger partial charge in [0.25, 0.3) is 0 Å². The van der Waals surface area contributed by atoms with E-state index >= 15 is 0 Å². The van der Waals surface area contributed by atoms with E-state index in [4.69, 9.17) is 0 Å². The summed E-state index contributed by atoms with van der Waals surface area (Å²) in [6, 6.07) is 7.87. The molecule has 0 bridgehead atoms. The molecule has 15 heavy (non-hydrogen) atoms. The molecule has 0 saturated carbocycles. The summed E-state index contributed by atoms with van der Waals surface area (Å²) in [7, 11) is 0. The van der Waals surface area contributed by atoms with Gasteiger partial charge in [-0.25, -0.2) is 0 Å². The molecule has 0 saturated heterocycles. The first kappa shape index (κ1) is 11.8. The van der Waals surface area contributed by atoms with E-state index in [1.807, 2.05) is 38.1 Å². The number of hydrogen-bond donors (Lipinski definition) is 1. The van der Waals surface area contributed by atoms with Gasteiger partial charge in [-0.1, -0.05) is 38.0 Å². The van der Waals surface area contributed by atoms with Crippen molar-refractivity contribution < 1.29 is 4.79 Å². The molecular weight excluding hydrogens is 186 g/mol. The summed E-state index contributed by atoms with van der Waals surface area (Å²) < 4.78 is 0. The summed E-state index contributed by atoms with van der Waals surface area (Å²) in [6.45, 7) is 6.09. The Labute approximate surface area is 91.7 Å². The number of amides is 1. The van der Waals surface area contributed by atoms with Crippen LogP contribution in [0, 0.1) is 12.8 Å². The number of benzene rings is 1. The van der Waals surface area contributed by atoms with Gasteiger partial charge >= 0.3 is 0 Å². The van der Waals surface area contributed by atoms with E-state index in [1.54, 1.807) is 0 Å². The number of carbonyl (C=O) groups is 1. The number of nitrogens with one attached hydrogen (secondary N) is 1. The van der Waals surface area contributed by atoms with Crippen LogP contribution >= 0.6 is 0 Å². The van der Waals surface area contributed by atoms with Gasteiger partial charge in [-0.3, -0.25) is 4.79 Å². The normalized spacial score (nSPS) is 12.2. The molecule has 1 aromatic carbocycles. The first-order valence-electron chi connectivity index (χ1n) is 5.51. The van der Waals surface area contributed by atoms with E-state index in [0.29, 0.717) is 0 Å². The lowest BCUT2D eigenvalue weighted by Gasteiger charge is -2.11. The van der Waals surface area contributed by atoms with Gasteiger partial charge in [-0.15, -0.1) is 0 Å². The van der Waals surface area contributed by atoms with E-state index in [9.17, 15) is 4.79 Å². The quantitative estimate of drug-likeness (QED) is 0.802. The molecule has 1 atom stereocenters. The Morgan fingerprint density at radius 2 is 1.93 bits per heavy atom. The lowest BCUT2D eigenvalue weighted by molar-refractivity contribution is -0.119. The Morgan fingerprint density at radius 3 is 2.47 bits per heavy atom. The van der Waals surface area contributed by atoms with Crippen LogP contribution in [0.1, 0.15) is 32.3 Å². The van der Waals surface area contributed by atoms with Gasteiger partial charge in [-0.05, 0) is 25.5 Å². The topological polar surface area (TPSA) is 29.1 Å². The standard InChI is InChI=1S/C13H19NO/c1-4-5-11(3)13(15)14-12-8-6-10(2)7-9-12/h6-9,11H,4-5H2,1-3H3,(H,14,15)/t11-/m1/s1. The molecule has 0 spiro atoms. The largest absolute Gasteiger partial charge is 0.326 e. The van der Waals surface area contributed by atoms with Gasteiger partial charge in [0.2, 0.25) is 5.91 Å². The van der Waals surface area contributed by atoms with Gasteiger partial charge in [-0.2, -0.15) is 0 Å². The molecule has 2 heteroatoms. The molecule has 0 aliphatic carbocycles. The third-order valence-corrected chi connectivity index (χ3v) is 2.49. The van der Waals surface area contributed by atoms with E-state index in [2.05, 4.69) is 12.2 Å². The van der Waals surface area contributed by atoms with Crippen molar-refractivity contribution in [1.82, 2.24) is 0 Å². The number of rotatable bonds is 4. The van der Waals surface area contributed by atoms with Crippen molar-refractivity contribution in [3.05, 3.63) is 29.8 Å². The fourth-order valence-corrected chi connectivity index (χ4v) is 1.47. The first-order chi connectivity index (χ1) is 7.13. The summed E-state index contributed by atoms with van der Waals surface area (Å²) in [5.74, 6) is 0.206. The monoisotopic (exact) mass is 205 g/mol. The van der Waals surface area contributed by atoms with Crippen LogP contribution in [0.3, 0.4) is 0 Å². The van der Waals surface area contributed by atoms with Crippen LogP contribution in [0.25, 0.3) is 0 Å². The zero-order valence-corrected chi connectivity index (χ0v) is 9.71. The third-order valence-electron chi connectivity index (χ3n) is 2.49. The van der Waals surface area contributed by atoms with Gasteiger partial charge in [0.1, 0.15) is 0 Å². The lowest BCUT2D eigenvalue weighted by atomic mass is 10.1. The molecule has 1 amide bonds. The molecular formula is C13H19NO. The molecule has 1 rings (SSSR count). The number of anilines is 1. The summed E-state index contributed by atoms with van der Waals surface area (Å²) in [5, 5.41) is 2.91. The molecule has 2 nitrogen and oxygen atoms in total. The molecule has 0 aliphatic heterocycles. The second-order valence-electron chi connectivity index (χ2n) is 4.04. The molecule has 0 fully saturated rings. The SMILES string of the molecule is CCC[C@@H](C)C(=O)Nc1ccc(C)cc1. The first-order valence-corrected chi connectivity index (χ1v) is 5.51. The summed E-state index contributed by atoms with van der Waals surface area (Å²) in [6.07, 6.45) is 1.99. The van der Waals surface area contributed by atoms with Crippen LogP contribution in [-0.4, -0.2) is 5.91 Å². The maximum absolute atomic E-state index is 11.7. The second-order valence-corrected chi connectivity index (χ2v) is 4.04. The van der Waals surface area contributed by atoms with E-state index in [1.165, 1.54) is 5.56 Å². The Morgan fingerprint density at radius 1 is 1.33 bits per heavy atom. The van der Waals surface area contributed by atoms with E-state index in [-0.39, 0.29) is 11.8 Å². The molecule has 0 unspecified atom stereocenters. The van der Waals surface area contributed by atoms with Crippen molar-refractivity contribution in [2.75, 3.05) is 5.32 Å². The van der Waals surface area contributed by atoms with Crippen molar-refractivity contribution in [1.29, 1.82) is 0 Å². The van der Waals surface area contributed by atoms with Gasteiger partial charge in [0, 0.05) is 11.6 Å². The van der Waals surface area contributed by atoms with Crippen LogP contribution in [-0.2, 0) is 4.79 Å². The highest BCUT2D eigenvalue weighted by atomic mass is 16.1. The summed E-state index contributed by atoms with van der Waals surface area (Å²) >= 11 is 0. The lowest BCUT2D eigenvalue weighted by Crippen LogP contribution is -2.20. The maximum Gasteiger partial charge on any atom is 0.227 e. The molecule has 0 heterocycles. The molecule has 0 aromatic heterocycles. The highest BCUT2D eigenvalue weighted by Gasteiger charge is 2.11. The third kappa shape index (κ3) is 3.74. The van der Waals surface area contributed by atoms with Gasteiger partial charge in [0.05, 0.1) is 0 Å².